The van der Waals surface area contributed by atoms with Gasteiger partial charge in [0.1, 0.15) is 12.3 Å². The summed E-state index contributed by atoms with van der Waals surface area (Å²) in [5, 5.41) is 21.6. The number of nitrogens with zero attached hydrogens (tertiary/aromatic N) is 2. The van der Waals surface area contributed by atoms with Crippen LogP contribution in [0.1, 0.15) is 5.56 Å². The monoisotopic (exact) mass is 332 g/mol. The molecule has 0 saturated carbocycles. The van der Waals surface area contributed by atoms with Gasteiger partial charge in [0.05, 0.1) is 15.9 Å². The predicted molar refractivity (Wildman–Crippen MR) is 83.1 cm³/mol. The lowest BCUT2D eigenvalue weighted by molar-refractivity contribution is -0.393. The Morgan fingerprint density at radius 3 is 2.38 bits per heavy atom. The molecule has 10 nitrogen and oxygen atoms in total. The minimum atomic E-state index is -0.855. The zero-order valence-electron chi connectivity index (χ0n) is 12.2. The van der Waals surface area contributed by atoms with Crippen molar-refractivity contribution < 1.29 is 19.4 Å². The quantitative estimate of drug-likeness (QED) is 0.613. The Hall–Kier alpha value is -3.69. The van der Waals surface area contributed by atoms with Gasteiger partial charge in [0.25, 0.3) is 5.69 Å². The van der Waals surface area contributed by atoms with E-state index in [4.69, 9.17) is 4.74 Å². The summed E-state index contributed by atoms with van der Waals surface area (Å²) in [6.45, 7) is 0.0245. The van der Waals surface area contributed by atoms with Gasteiger partial charge in [0.2, 0.25) is 0 Å². The summed E-state index contributed by atoms with van der Waals surface area (Å²) in [5.41, 5.74) is 4.12. The van der Waals surface area contributed by atoms with Crippen molar-refractivity contribution in [1.82, 2.24) is 5.43 Å². The number of rotatable bonds is 6. The first-order chi connectivity index (χ1) is 11.5. The van der Waals surface area contributed by atoms with E-state index in [0.29, 0.717) is 0 Å². The molecular weight excluding hydrogens is 320 g/mol. The molecule has 0 atom stereocenters. The molecule has 0 aliphatic heterocycles. The maximum absolute atomic E-state index is 11.6. The molecule has 10 heteroatoms. The molecule has 0 aliphatic rings. The number of hydrogen-bond donors (Lipinski definition) is 2. The normalized spacial score (nSPS) is 9.83. The van der Waals surface area contributed by atoms with Crippen molar-refractivity contribution in [2.75, 3.05) is 5.43 Å². The van der Waals surface area contributed by atoms with Gasteiger partial charge in [-0.3, -0.25) is 25.7 Å². The molecule has 2 rings (SSSR count). The van der Waals surface area contributed by atoms with Crippen LogP contribution in [-0.4, -0.2) is 15.9 Å². The molecule has 0 aliphatic carbocycles. The molecule has 124 valence electrons. The number of amides is 1. The van der Waals surface area contributed by atoms with Crippen molar-refractivity contribution in [3.05, 3.63) is 74.3 Å². The van der Waals surface area contributed by atoms with Gasteiger partial charge < -0.3 is 4.74 Å². The number of ether oxygens (including phenoxy) is 1. The fourth-order valence-corrected chi connectivity index (χ4v) is 1.77. The number of nitrogens with one attached hydrogen (secondary N) is 2. The van der Waals surface area contributed by atoms with Crippen LogP contribution in [0.2, 0.25) is 0 Å². The maximum atomic E-state index is 11.6. The van der Waals surface area contributed by atoms with Crippen molar-refractivity contribution in [1.29, 1.82) is 0 Å². The third-order valence-electron chi connectivity index (χ3n) is 2.90. The molecule has 0 saturated heterocycles. The molecule has 2 aromatic carbocycles. The topological polar surface area (TPSA) is 137 Å². The summed E-state index contributed by atoms with van der Waals surface area (Å²) in [4.78, 5) is 31.6. The number of hydrazine groups is 1. The van der Waals surface area contributed by atoms with E-state index in [1.807, 2.05) is 6.07 Å². The van der Waals surface area contributed by atoms with Crippen molar-refractivity contribution >= 4 is 23.2 Å². The number of anilines is 1. The molecule has 1 amide bonds. The highest BCUT2D eigenvalue weighted by Gasteiger charge is 2.19. The molecule has 0 bridgehead atoms. The molecule has 0 heterocycles. The van der Waals surface area contributed by atoms with Crippen molar-refractivity contribution in [2.45, 2.75) is 6.61 Å². The molecule has 0 aromatic heterocycles. The van der Waals surface area contributed by atoms with Gasteiger partial charge in [0, 0.05) is 6.07 Å². The summed E-state index contributed by atoms with van der Waals surface area (Å²) in [6.07, 6.45) is -0.855. The first kappa shape index (κ1) is 16.7. The van der Waals surface area contributed by atoms with Crippen LogP contribution in [-0.2, 0) is 11.3 Å². The van der Waals surface area contributed by atoms with E-state index in [2.05, 4.69) is 10.9 Å². The number of nitro groups is 2. The van der Waals surface area contributed by atoms with Crippen LogP contribution < -0.4 is 10.9 Å². The number of benzene rings is 2. The van der Waals surface area contributed by atoms with Gasteiger partial charge in [-0.05, 0) is 11.6 Å². The van der Waals surface area contributed by atoms with E-state index < -0.39 is 27.3 Å². The lowest BCUT2D eigenvalue weighted by Crippen LogP contribution is -2.30. The SMILES string of the molecule is O=C(NNc1ccc([N+](=O)[O-])cc1[N+](=O)[O-])OCc1ccccc1. The number of non-ortho nitro benzene ring substituents is 1. The van der Waals surface area contributed by atoms with Crippen LogP contribution >= 0.6 is 0 Å². The minimum Gasteiger partial charge on any atom is -0.443 e. The lowest BCUT2D eigenvalue weighted by atomic mass is 10.2. The molecular formula is C14H12N4O6. The van der Waals surface area contributed by atoms with Crippen LogP contribution in [0.15, 0.2) is 48.5 Å². The highest BCUT2D eigenvalue weighted by molar-refractivity contribution is 5.72. The summed E-state index contributed by atoms with van der Waals surface area (Å²) in [7, 11) is 0. The van der Waals surface area contributed by atoms with Gasteiger partial charge in [-0.15, -0.1) is 0 Å². The largest absolute Gasteiger partial charge is 0.443 e. The molecule has 2 aromatic rings. The summed E-state index contributed by atoms with van der Waals surface area (Å²) >= 11 is 0. The molecule has 0 radical (unpaired) electrons. The number of hydrogen-bond acceptors (Lipinski definition) is 7. The Morgan fingerprint density at radius 2 is 1.75 bits per heavy atom. The standard InChI is InChI=1S/C14H12N4O6/c19-14(24-9-10-4-2-1-3-5-10)16-15-12-7-6-11(17(20)21)8-13(12)18(22)23/h1-8,15H,9H2,(H,16,19). The van der Waals surface area contributed by atoms with Crippen LogP contribution in [0, 0.1) is 20.2 Å². The van der Waals surface area contributed by atoms with Gasteiger partial charge >= 0.3 is 11.8 Å². The first-order valence-electron chi connectivity index (χ1n) is 6.63. The van der Waals surface area contributed by atoms with Crippen LogP contribution in [0.25, 0.3) is 0 Å². The summed E-state index contributed by atoms with van der Waals surface area (Å²) < 4.78 is 4.92. The Bertz CT molecular complexity index is 765. The van der Waals surface area contributed by atoms with Crippen molar-refractivity contribution in [2.24, 2.45) is 0 Å². The van der Waals surface area contributed by atoms with E-state index in [1.54, 1.807) is 24.3 Å². The first-order valence-corrected chi connectivity index (χ1v) is 6.63. The third kappa shape index (κ3) is 4.40. The smallest absolute Gasteiger partial charge is 0.426 e. The van der Waals surface area contributed by atoms with Gasteiger partial charge in [0.15, 0.2) is 0 Å². The molecule has 0 spiro atoms. The second-order valence-electron chi connectivity index (χ2n) is 4.53. The van der Waals surface area contributed by atoms with Gasteiger partial charge in [-0.1, -0.05) is 30.3 Å². The van der Waals surface area contributed by atoms with E-state index in [0.717, 1.165) is 23.8 Å². The number of carbonyl (C=O) groups excluding carboxylic acids is 1. The zero-order valence-corrected chi connectivity index (χ0v) is 12.2. The molecule has 0 fully saturated rings. The van der Waals surface area contributed by atoms with E-state index >= 15 is 0 Å². The Labute approximate surface area is 135 Å². The summed E-state index contributed by atoms with van der Waals surface area (Å²) in [5.74, 6) is 0. The van der Waals surface area contributed by atoms with Crippen molar-refractivity contribution in [3.8, 4) is 0 Å². The molecule has 24 heavy (non-hydrogen) atoms. The maximum Gasteiger partial charge on any atom is 0.426 e. The molecule has 2 N–H and O–H groups in total. The average Bonchev–Trinajstić information content (AvgIpc) is 2.58. The predicted octanol–water partition coefficient (Wildman–Crippen LogP) is 2.76. The highest BCUT2D eigenvalue weighted by Crippen LogP contribution is 2.28. The highest BCUT2D eigenvalue weighted by atomic mass is 16.6. The van der Waals surface area contributed by atoms with Crippen LogP contribution in [0.5, 0.6) is 0 Å². The minimum absolute atomic E-state index is 0.0245. The Kier molecular flexibility index (Phi) is 5.24. The van der Waals surface area contributed by atoms with Crippen LogP contribution in [0.4, 0.5) is 21.9 Å². The van der Waals surface area contributed by atoms with Gasteiger partial charge in [-0.25, -0.2) is 10.2 Å². The van der Waals surface area contributed by atoms with Crippen LogP contribution in [0.3, 0.4) is 0 Å². The average molecular weight is 332 g/mol. The zero-order chi connectivity index (χ0) is 17.5. The third-order valence-corrected chi connectivity index (χ3v) is 2.90. The second kappa shape index (κ2) is 7.54. The fraction of sp³-hybridized carbons (Fsp3) is 0.0714. The number of carbonyl (C=O) groups is 1. The Balaban J connectivity index is 1.97. The van der Waals surface area contributed by atoms with E-state index in [1.165, 1.54) is 0 Å². The number of nitro benzene ring substituents is 2. The van der Waals surface area contributed by atoms with Crippen molar-refractivity contribution in [3.63, 3.8) is 0 Å². The Morgan fingerprint density at radius 1 is 1.04 bits per heavy atom. The van der Waals surface area contributed by atoms with E-state index in [9.17, 15) is 25.0 Å². The lowest BCUT2D eigenvalue weighted by Gasteiger charge is -2.09. The second-order valence-corrected chi connectivity index (χ2v) is 4.53. The van der Waals surface area contributed by atoms with Gasteiger partial charge in [-0.2, -0.15) is 0 Å². The summed E-state index contributed by atoms with van der Waals surface area (Å²) in [6, 6.07) is 11.9. The fourth-order valence-electron chi connectivity index (χ4n) is 1.77. The molecule has 0 unspecified atom stereocenters. The van der Waals surface area contributed by atoms with E-state index in [-0.39, 0.29) is 12.3 Å².